The lowest BCUT2D eigenvalue weighted by Crippen LogP contribution is -2.62. The maximum absolute atomic E-state index is 12.2. The lowest BCUT2D eigenvalue weighted by Gasteiger charge is -2.53. The van der Waals surface area contributed by atoms with Gasteiger partial charge in [-0.2, -0.15) is 0 Å². The van der Waals surface area contributed by atoms with Gasteiger partial charge in [-0.15, -0.1) is 0 Å². The molecule has 3 aliphatic heterocycles. The van der Waals surface area contributed by atoms with E-state index in [0.717, 1.165) is 51.8 Å². The minimum Gasteiger partial charge on any atom is -0.450 e. The summed E-state index contributed by atoms with van der Waals surface area (Å²) in [5.74, 6) is 0.0441. The first-order valence-corrected chi connectivity index (χ1v) is 9.05. The zero-order valence-electron chi connectivity index (χ0n) is 14.5. The summed E-state index contributed by atoms with van der Waals surface area (Å²) in [5.41, 5.74) is 0.181. The summed E-state index contributed by atoms with van der Waals surface area (Å²) in [7, 11) is 0. The Morgan fingerprint density at radius 1 is 1.17 bits per heavy atom. The number of carbonyl (C=O) groups excluding carboxylic acids is 2. The molecule has 2 amide bonds. The van der Waals surface area contributed by atoms with E-state index in [2.05, 4.69) is 0 Å². The maximum atomic E-state index is 12.2. The third-order valence-electron chi connectivity index (χ3n) is 5.29. The summed E-state index contributed by atoms with van der Waals surface area (Å²) in [5, 5.41) is 0. The topological polar surface area (TPSA) is 68.3 Å². The predicted octanol–water partition coefficient (Wildman–Crippen LogP) is 1.61. The van der Waals surface area contributed by atoms with Crippen LogP contribution in [-0.4, -0.2) is 74.1 Å². The van der Waals surface area contributed by atoms with Crippen molar-refractivity contribution >= 4 is 12.0 Å². The zero-order chi connectivity index (χ0) is 17.0. The van der Waals surface area contributed by atoms with Crippen LogP contribution in [-0.2, 0) is 19.0 Å². The third kappa shape index (κ3) is 4.00. The molecule has 0 aliphatic carbocycles. The van der Waals surface area contributed by atoms with E-state index in [1.807, 2.05) is 11.8 Å². The summed E-state index contributed by atoms with van der Waals surface area (Å²) in [6.45, 7) is 6.04. The first-order valence-electron chi connectivity index (χ1n) is 9.05. The van der Waals surface area contributed by atoms with Gasteiger partial charge in [0, 0.05) is 38.2 Å². The average Bonchev–Trinajstić information content (AvgIpc) is 2.59. The van der Waals surface area contributed by atoms with Crippen molar-refractivity contribution in [3.63, 3.8) is 0 Å². The number of hydrogen-bond donors (Lipinski definition) is 0. The fraction of sp³-hybridized carbons (Fsp3) is 0.882. The van der Waals surface area contributed by atoms with Crippen molar-refractivity contribution in [2.24, 2.45) is 5.41 Å². The van der Waals surface area contributed by atoms with Gasteiger partial charge in [-0.25, -0.2) is 4.79 Å². The van der Waals surface area contributed by atoms with Crippen molar-refractivity contribution in [1.82, 2.24) is 9.80 Å². The molecule has 1 atom stereocenters. The van der Waals surface area contributed by atoms with Crippen LogP contribution in [0, 0.1) is 5.41 Å². The second-order valence-electron chi connectivity index (χ2n) is 7.04. The molecule has 1 spiro atoms. The highest BCUT2D eigenvalue weighted by atomic mass is 16.7. The number of likely N-dealkylation sites (tertiary alicyclic amines) is 2. The largest absolute Gasteiger partial charge is 0.450 e. The molecule has 7 heteroatoms. The average molecular weight is 340 g/mol. The van der Waals surface area contributed by atoms with Crippen molar-refractivity contribution in [2.45, 2.75) is 45.3 Å². The molecule has 3 aliphatic rings. The molecule has 0 aromatic rings. The van der Waals surface area contributed by atoms with Gasteiger partial charge in [0.1, 0.15) is 6.61 Å². The van der Waals surface area contributed by atoms with E-state index in [4.69, 9.17) is 14.2 Å². The molecule has 1 unspecified atom stereocenters. The van der Waals surface area contributed by atoms with E-state index < -0.39 is 0 Å². The number of ether oxygens (including phenoxy) is 3. The number of carbonyl (C=O) groups is 2. The van der Waals surface area contributed by atoms with Crippen LogP contribution < -0.4 is 0 Å². The van der Waals surface area contributed by atoms with Crippen LogP contribution in [0.3, 0.4) is 0 Å². The second kappa shape index (κ2) is 7.70. The van der Waals surface area contributed by atoms with Crippen LogP contribution in [0.2, 0.25) is 0 Å². The standard InChI is InChI=1S/C17H28N2O5/c1-2-22-16(21)18-8-6-17(7-9-18)12-19(13-17)14(20)11-24-15-5-3-4-10-23-15/h15H,2-13H2,1H3. The minimum atomic E-state index is -0.222. The molecular weight excluding hydrogens is 312 g/mol. The maximum Gasteiger partial charge on any atom is 0.409 e. The number of amides is 2. The quantitative estimate of drug-likeness (QED) is 0.778. The summed E-state index contributed by atoms with van der Waals surface area (Å²) in [6.07, 6.45) is 4.48. The normalized spacial score (nSPS) is 26.1. The molecule has 3 heterocycles. The van der Waals surface area contributed by atoms with Gasteiger partial charge in [0.15, 0.2) is 6.29 Å². The van der Waals surface area contributed by atoms with Crippen molar-refractivity contribution in [3.8, 4) is 0 Å². The van der Waals surface area contributed by atoms with Crippen LogP contribution in [0.1, 0.15) is 39.0 Å². The summed E-state index contributed by atoms with van der Waals surface area (Å²) in [6, 6.07) is 0. The molecule has 24 heavy (non-hydrogen) atoms. The molecule has 0 aromatic heterocycles. The molecule has 136 valence electrons. The molecule has 0 bridgehead atoms. The van der Waals surface area contributed by atoms with Crippen molar-refractivity contribution in [2.75, 3.05) is 46.0 Å². The van der Waals surface area contributed by atoms with E-state index >= 15 is 0 Å². The molecular formula is C17H28N2O5. The molecule has 0 saturated carbocycles. The molecule has 0 radical (unpaired) electrons. The minimum absolute atomic E-state index is 0.0441. The van der Waals surface area contributed by atoms with Crippen molar-refractivity contribution in [1.29, 1.82) is 0 Å². The van der Waals surface area contributed by atoms with E-state index in [9.17, 15) is 9.59 Å². The van der Waals surface area contributed by atoms with E-state index in [0.29, 0.717) is 19.7 Å². The molecule has 0 aromatic carbocycles. The van der Waals surface area contributed by atoms with Crippen LogP contribution in [0.4, 0.5) is 4.79 Å². The Kier molecular flexibility index (Phi) is 5.61. The highest BCUT2D eigenvalue weighted by Crippen LogP contribution is 2.40. The Morgan fingerprint density at radius 3 is 2.54 bits per heavy atom. The molecule has 3 saturated heterocycles. The highest BCUT2D eigenvalue weighted by molar-refractivity contribution is 5.78. The van der Waals surface area contributed by atoms with Crippen LogP contribution >= 0.6 is 0 Å². The van der Waals surface area contributed by atoms with E-state index in [1.165, 1.54) is 0 Å². The summed E-state index contributed by atoms with van der Waals surface area (Å²) >= 11 is 0. The Bertz CT molecular complexity index is 448. The lowest BCUT2D eigenvalue weighted by molar-refractivity contribution is -0.181. The Balaban J connectivity index is 1.36. The van der Waals surface area contributed by atoms with Crippen molar-refractivity contribution < 1.29 is 23.8 Å². The number of rotatable bonds is 4. The van der Waals surface area contributed by atoms with Gasteiger partial charge in [-0.05, 0) is 39.0 Å². The summed E-state index contributed by atoms with van der Waals surface area (Å²) in [4.78, 5) is 27.6. The fourth-order valence-corrected chi connectivity index (χ4v) is 3.73. The molecule has 3 fully saturated rings. The Hall–Kier alpha value is -1.34. The number of piperidine rings is 1. The van der Waals surface area contributed by atoms with Crippen LogP contribution in [0.25, 0.3) is 0 Å². The van der Waals surface area contributed by atoms with Crippen LogP contribution in [0.5, 0.6) is 0 Å². The molecule has 7 nitrogen and oxygen atoms in total. The smallest absolute Gasteiger partial charge is 0.409 e. The highest BCUT2D eigenvalue weighted by Gasteiger charge is 2.47. The molecule has 3 rings (SSSR count). The summed E-state index contributed by atoms with van der Waals surface area (Å²) < 4.78 is 16.1. The molecule has 0 N–H and O–H groups in total. The zero-order valence-corrected chi connectivity index (χ0v) is 14.5. The predicted molar refractivity (Wildman–Crippen MR) is 86.4 cm³/mol. The monoisotopic (exact) mass is 340 g/mol. The van der Waals surface area contributed by atoms with Crippen LogP contribution in [0.15, 0.2) is 0 Å². The second-order valence-corrected chi connectivity index (χ2v) is 7.04. The third-order valence-corrected chi connectivity index (χ3v) is 5.29. The van der Waals surface area contributed by atoms with E-state index in [1.54, 1.807) is 4.90 Å². The van der Waals surface area contributed by atoms with E-state index in [-0.39, 0.29) is 30.3 Å². The Morgan fingerprint density at radius 2 is 1.92 bits per heavy atom. The Labute approximate surface area is 143 Å². The van der Waals surface area contributed by atoms with Gasteiger partial charge in [0.25, 0.3) is 0 Å². The first-order chi connectivity index (χ1) is 11.6. The lowest BCUT2D eigenvalue weighted by atomic mass is 9.72. The van der Waals surface area contributed by atoms with Gasteiger partial charge in [0.2, 0.25) is 5.91 Å². The van der Waals surface area contributed by atoms with Gasteiger partial charge in [0.05, 0.1) is 6.61 Å². The number of nitrogens with zero attached hydrogens (tertiary/aromatic N) is 2. The van der Waals surface area contributed by atoms with Crippen molar-refractivity contribution in [3.05, 3.63) is 0 Å². The van der Waals surface area contributed by atoms with Gasteiger partial charge in [-0.1, -0.05) is 0 Å². The SMILES string of the molecule is CCOC(=O)N1CCC2(CC1)CN(C(=O)COC1CCCCO1)C2. The van der Waals surface area contributed by atoms with Gasteiger partial charge in [-0.3, -0.25) is 4.79 Å². The number of hydrogen-bond acceptors (Lipinski definition) is 5. The van der Waals surface area contributed by atoms with Gasteiger partial charge >= 0.3 is 6.09 Å². The fourth-order valence-electron chi connectivity index (χ4n) is 3.73. The van der Waals surface area contributed by atoms with Gasteiger partial charge < -0.3 is 24.0 Å². The first kappa shape index (κ1) is 17.5.